The molecule has 2 saturated heterocycles. The molecule has 1 amide bonds. The molecule has 0 aromatic carbocycles. The summed E-state index contributed by atoms with van der Waals surface area (Å²) in [6, 6.07) is 0.102. The van der Waals surface area contributed by atoms with Gasteiger partial charge in [0.25, 0.3) is 0 Å². The Hall–Kier alpha value is -1.47. The molecule has 2 aliphatic rings. The van der Waals surface area contributed by atoms with Crippen LogP contribution >= 0.6 is 0 Å². The molecule has 0 N–H and O–H groups in total. The Bertz CT molecular complexity index is 558. The standard InChI is InChI=1S/C17H28N4O3/c1-11-9-21(10-12(2)23-11)17(22)15-5-7-20(8-6-15)13(3)16-19-18-14(4)24-16/h11-13,15H,5-10H2,1-4H3/t11-,12-,13+/m1/s1. The third-order valence-electron chi connectivity index (χ3n) is 5.06. The summed E-state index contributed by atoms with van der Waals surface area (Å²) in [4.78, 5) is 17.1. The van der Waals surface area contributed by atoms with Gasteiger partial charge in [0, 0.05) is 25.9 Å². The molecule has 0 radical (unpaired) electrons. The number of aromatic nitrogens is 2. The van der Waals surface area contributed by atoms with E-state index < -0.39 is 0 Å². The Morgan fingerprint density at radius 1 is 1.17 bits per heavy atom. The van der Waals surface area contributed by atoms with Crippen LogP contribution in [0, 0.1) is 12.8 Å². The van der Waals surface area contributed by atoms with Gasteiger partial charge >= 0.3 is 0 Å². The van der Waals surface area contributed by atoms with Gasteiger partial charge in [-0.3, -0.25) is 9.69 Å². The van der Waals surface area contributed by atoms with Gasteiger partial charge in [0.2, 0.25) is 17.7 Å². The van der Waals surface area contributed by atoms with Crippen molar-refractivity contribution in [3.05, 3.63) is 11.8 Å². The first-order valence-electron chi connectivity index (χ1n) is 8.92. The van der Waals surface area contributed by atoms with Gasteiger partial charge in [0.05, 0.1) is 18.2 Å². The normalized spacial score (nSPS) is 28.1. The SMILES string of the molecule is Cc1nnc([C@H](C)N2CCC(C(=O)N3C[C@@H](C)O[C@H](C)C3)CC2)o1. The predicted molar refractivity (Wildman–Crippen MR) is 88.3 cm³/mol. The van der Waals surface area contributed by atoms with E-state index in [0.717, 1.165) is 25.9 Å². The third-order valence-corrected chi connectivity index (χ3v) is 5.06. The van der Waals surface area contributed by atoms with Crippen LogP contribution < -0.4 is 0 Å². The number of aryl methyl sites for hydroxylation is 1. The fourth-order valence-electron chi connectivity index (χ4n) is 3.79. The van der Waals surface area contributed by atoms with Crippen molar-refractivity contribution in [2.45, 2.75) is 58.8 Å². The first-order valence-corrected chi connectivity index (χ1v) is 8.92. The zero-order valence-electron chi connectivity index (χ0n) is 15.1. The summed E-state index contributed by atoms with van der Waals surface area (Å²) in [7, 11) is 0. The summed E-state index contributed by atoms with van der Waals surface area (Å²) >= 11 is 0. The second-order valence-corrected chi connectivity index (χ2v) is 7.15. The molecule has 3 rings (SSSR count). The monoisotopic (exact) mass is 336 g/mol. The largest absolute Gasteiger partial charge is 0.424 e. The van der Waals surface area contributed by atoms with E-state index in [4.69, 9.17) is 9.15 Å². The lowest BCUT2D eigenvalue weighted by atomic mass is 9.94. The molecule has 3 atom stereocenters. The number of likely N-dealkylation sites (tertiary alicyclic amines) is 1. The smallest absolute Gasteiger partial charge is 0.233 e. The van der Waals surface area contributed by atoms with Crippen LogP contribution in [-0.4, -0.2) is 64.3 Å². The number of nitrogens with zero attached hydrogens (tertiary/aromatic N) is 4. The van der Waals surface area contributed by atoms with Gasteiger partial charge in [-0.05, 0) is 46.7 Å². The van der Waals surface area contributed by atoms with Crippen molar-refractivity contribution in [2.75, 3.05) is 26.2 Å². The Morgan fingerprint density at radius 2 is 1.79 bits per heavy atom. The first-order chi connectivity index (χ1) is 11.4. The molecule has 0 bridgehead atoms. The molecule has 7 heteroatoms. The van der Waals surface area contributed by atoms with E-state index >= 15 is 0 Å². The molecule has 1 aromatic heterocycles. The van der Waals surface area contributed by atoms with Crippen LogP contribution in [0.1, 0.15) is 51.4 Å². The molecule has 0 saturated carbocycles. The molecule has 0 spiro atoms. The van der Waals surface area contributed by atoms with Crippen molar-refractivity contribution in [3.63, 3.8) is 0 Å². The van der Waals surface area contributed by atoms with Gasteiger partial charge in [0.15, 0.2) is 0 Å². The van der Waals surface area contributed by atoms with Crippen LogP contribution in [0.5, 0.6) is 0 Å². The molecule has 2 aliphatic heterocycles. The zero-order chi connectivity index (χ0) is 17.3. The predicted octanol–water partition coefficient (Wildman–Crippen LogP) is 1.79. The highest BCUT2D eigenvalue weighted by Gasteiger charge is 2.34. The van der Waals surface area contributed by atoms with Crippen LogP contribution in [0.2, 0.25) is 0 Å². The summed E-state index contributed by atoms with van der Waals surface area (Å²) in [5.41, 5.74) is 0. The second kappa shape index (κ2) is 7.19. The lowest BCUT2D eigenvalue weighted by Gasteiger charge is -2.40. The molecule has 24 heavy (non-hydrogen) atoms. The van der Waals surface area contributed by atoms with Gasteiger partial charge in [-0.25, -0.2) is 0 Å². The Kier molecular flexibility index (Phi) is 5.20. The Balaban J connectivity index is 1.54. The van der Waals surface area contributed by atoms with Crippen molar-refractivity contribution < 1.29 is 13.9 Å². The van der Waals surface area contributed by atoms with Gasteiger partial charge in [0.1, 0.15) is 0 Å². The summed E-state index contributed by atoms with van der Waals surface area (Å²) in [5, 5.41) is 8.02. The molecule has 1 aromatic rings. The average Bonchev–Trinajstić information content (AvgIpc) is 2.99. The summed E-state index contributed by atoms with van der Waals surface area (Å²) in [5.74, 6) is 1.67. The number of rotatable bonds is 3. The number of hydrogen-bond donors (Lipinski definition) is 0. The lowest BCUT2D eigenvalue weighted by molar-refractivity contribution is -0.149. The summed E-state index contributed by atoms with van der Waals surface area (Å²) < 4.78 is 11.3. The first kappa shape index (κ1) is 17.4. The number of morpholine rings is 1. The number of carbonyl (C=O) groups is 1. The highest BCUT2D eigenvalue weighted by molar-refractivity contribution is 5.79. The van der Waals surface area contributed by atoms with E-state index in [9.17, 15) is 4.79 Å². The molecule has 3 heterocycles. The topological polar surface area (TPSA) is 71.7 Å². The fourth-order valence-corrected chi connectivity index (χ4v) is 3.79. The molecule has 7 nitrogen and oxygen atoms in total. The minimum atomic E-state index is 0.102. The van der Waals surface area contributed by atoms with Crippen molar-refractivity contribution in [1.82, 2.24) is 20.0 Å². The maximum absolute atomic E-state index is 12.8. The number of hydrogen-bond acceptors (Lipinski definition) is 6. The molecule has 2 fully saturated rings. The molecular formula is C17H28N4O3. The van der Waals surface area contributed by atoms with Gasteiger partial charge in [-0.15, -0.1) is 10.2 Å². The highest BCUT2D eigenvalue weighted by atomic mass is 16.5. The van der Waals surface area contributed by atoms with Crippen molar-refractivity contribution in [3.8, 4) is 0 Å². The lowest BCUT2D eigenvalue weighted by Crippen LogP contribution is -2.51. The molecule has 0 unspecified atom stereocenters. The van der Waals surface area contributed by atoms with Crippen molar-refractivity contribution in [2.24, 2.45) is 5.92 Å². The summed E-state index contributed by atoms with van der Waals surface area (Å²) in [6.45, 7) is 11.1. The highest BCUT2D eigenvalue weighted by Crippen LogP contribution is 2.27. The molecule has 0 aliphatic carbocycles. The maximum Gasteiger partial charge on any atom is 0.233 e. The Labute approximate surface area is 143 Å². The average molecular weight is 336 g/mol. The fraction of sp³-hybridized carbons (Fsp3) is 0.824. The van der Waals surface area contributed by atoms with E-state index in [1.165, 1.54) is 0 Å². The van der Waals surface area contributed by atoms with Gasteiger partial charge in [-0.1, -0.05) is 0 Å². The Morgan fingerprint density at radius 3 is 2.33 bits per heavy atom. The van der Waals surface area contributed by atoms with Crippen LogP contribution in [0.25, 0.3) is 0 Å². The molecular weight excluding hydrogens is 308 g/mol. The van der Waals surface area contributed by atoms with Crippen LogP contribution in [-0.2, 0) is 9.53 Å². The summed E-state index contributed by atoms with van der Waals surface area (Å²) in [6.07, 6.45) is 2.02. The van der Waals surface area contributed by atoms with Crippen LogP contribution in [0.4, 0.5) is 0 Å². The minimum absolute atomic E-state index is 0.102. The van der Waals surface area contributed by atoms with Crippen molar-refractivity contribution in [1.29, 1.82) is 0 Å². The zero-order valence-corrected chi connectivity index (χ0v) is 15.1. The number of carbonyl (C=O) groups excluding carboxylic acids is 1. The number of ether oxygens (including phenoxy) is 1. The maximum atomic E-state index is 12.8. The van der Waals surface area contributed by atoms with E-state index in [-0.39, 0.29) is 30.1 Å². The number of piperidine rings is 1. The number of amides is 1. The minimum Gasteiger partial charge on any atom is -0.424 e. The van der Waals surface area contributed by atoms with E-state index in [1.807, 2.05) is 18.7 Å². The van der Waals surface area contributed by atoms with E-state index in [1.54, 1.807) is 6.92 Å². The molecule has 134 valence electrons. The van der Waals surface area contributed by atoms with Crippen molar-refractivity contribution >= 4 is 5.91 Å². The second-order valence-electron chi connectivity index (χ2n) is 7.15. The van der Waals surface area contributed by atoms with E-state index in [2.05, 4.69) is 22.0 Å². The van der Waals surface area contributed by atoms with Gasteiger partial charge < -0.3 is 14.1 Å². The van der Waals surface area contributed by atoms with E-state index in [0.29, 0.717) is 24.9 Å². The van der Waals surface area contributed by atoms with Crippen LogP contribution in [0.3, 0.4) is 0 Å². The van der Waals surface area contributed by atoms with Gasteiger partial charge in [-0.2, -0.15) is 0 Å². The van der Waals surface area contributed by atoms with Crippen LogP contribution in [0.15, 0.2) is 4.42 Å². The quantitative estimate of drug-likeness (QED) is 0.838. The third kappa shape index (κ3) is 3.78.